The maximum Gasteiger partial charge on any atom is 0.256 e. The van der Waals surface area contributed by atoms with Crippen molar-refractivity contribution in [3.05, 3.63) is 126 Å². The highest BCUT2D eigenvalue weighted by molar-refractivity contribution is 7.98. The van der Waals surface area contributed by atoms with Gasteiger partial charge in [0.25, 0.3) is 5.91 Å². The lowest BCUT2D eigenvalue weighted by Crippen LogP contribution is -2.13. The third-order valence-electron chi connectivity index (χ3n) is 4.74. The monoisotopic (exact) mass is 410 g/mol. The number of nitrogens with zero attached hydrogens (tertiary/aromatic N) is 1. The van der Waals surface area contributed by atoms with Crippen LogP contribution in [0.3, 0.4) is 0 Å². The highest BCUT2D eigenvalue weighted by atomic mass is 32.2. The topological polar surface area (TPSA) is 42.0 Å². The molecule has 0 saturated heterocycles. The quantitative estimate of drug-likeness (QED) is 0.368. The van der Waals surface area contributed by atoms with Gasteiger partial charge in [0.1, 0.15) is 0 Å². The third-order valence-corrected chi connectivity index (χ3v) is 5.88. The molecule has 0 bridgehead atoms. The van der Waals surface area contributed by atoms with E-state index >= 15 is 0 Å². The van der Waals surface area contributed by atoms with Crippen molar-refractivity contribution in [1.82, 2.24) is 4.98 Å². The van der Waals surface area contributed by atoms with E-state index in [0.29, 0.717) is 5.56 Å². The highest BCUT2D eigenvalue weighted by Crippen LogP contribution is 2.27. The lowest BCUT2D eigenvalue weighted by molar-refractivity contribution is 0.102. The average molecular weight is 411 g/mol. The summed E-state index contributed by atoms with van der Waals surface area (Å²) >= 11 is 1.68. The Balaban J connectivity index is 1.41. The predicted molar refractivity (Wildman–Crippen MR) is 124 cm³/mol. The average Bonchev–Trinajstić information content (AvgIpc) is 2.80. The lowest BCUT2D eigenvalue weighted by Gasteiger charge is -2.11. The number of carbonyl (C=O) groups excluding carboxylic acids is 1. The SMILES string of the molecule is O=C(Nc1ccc(Cc2ccncc2)cc1)c1ccccc1SCc1ccccc1. The van der Waals surface area contributed by atoms with Crippen LogP contribution >= 0.6 is 11.8 Å². The normalized spacial score (nSPS) is 10.5. The smallest absolute Gasteiger partial charge is 0.256 e. The van der Waals surface area contributed by atoms with E-state index in [1.165, 1.54) is 16.7 Å². The number of pyridine rings is 1. The minimum atomic E-state index is -0.0898. The number of nitrogens with one attached hydrogen (secondary N) is 1. The van der Waals surface area contributed by atoms with Gasteiger partial charge in [-0.3, -0.25) is 9.78 Å². The molecule has 1 heterocycles. The van der Waals surface area contributed by atoms with Crippen LogP contribution in [-0.4, -0.2) is 10.9 Å². The van der Waals surface area contributed by atoms with Gasteiger partial charge < -0.3 is 5.32 Å². The first-order valence-corrected chi connectivity index (χ1v) is 10.8. The molecule has 1 aromatic heterocycles. The number of thioether (sulfide) groups is 1. The van der Waals surface area contributed by atoms with Gasteiger partial charge in [0.05, 0.1) is 5.56 Å². The van der Waals surface area contributed by atoms with Crippen molar-refractivity contribution in [1.29, 1.82) is 0 Å². The van der Waals surface area contributed by atoms with E-state index in [1.54, 1.807) is 24.2 Å². The summed E-state index contributed by atoms with van der Waals surface area (Å²) in [4.78, 5) is 17.9. The molecule has 0 atom stereocenters. The molecule has 3 nitrogen and oxygen atoms in total. The fraction of sp³-hybridized carbons (Fsp3) is 0.0769. The first kappa shape index (κ1) is 19.9. The summed E-state index contributed by atoms with van der Waals surface area (Å²) in [5.41, 5.74) is 5.13. The van der Waals surface area contributed by atoms with Crippen molar-refractivity contribution in [3.8, 4) is 0 Å². The highest BCUT2D eigenvalue weighted by Gasteiger charge is 2.12. The zero-order valence-electron chi connectivity index (χ0n) is 16.5. The number of rotatable bonds is 7. The van der Waals surface area contributed by atoms with Crippen LogP contribution in [-0.2, 0) is 12.2 Å². The lowest BCUT2D eigenvalue weighted by atomic mass is 10.1. The number of anilines is 1. The van der Waals surface area contributed by atoms with Crippen molar-refractivity contribution >= 4 is 23.4 Å². The number of hydrogen-bond acceptors (Lipinski definition) is 3. The second kappa shape index (κ2) is 9.90. The zero-order valence-corrected chi connectivity index (χ0v) is 17.3. The minimum Gasteiger partial charge on any atom is -0.322 e. The summed E-state index contributed by atoms with van der Waals surface area (Å²) in [6, 6.07) is 30.1. The molecule has 3 aromatic carbocycles. The molecule has 0 aliphatic rings. The van der Waals surface area contributed by atoms with E-state index in [-0.39, 0.29) is 5.91 Å². The van der Waals surface area contributed by atoms with Gasteiger partial charge in [0.2, 0.25) is 0 Å². The largest absolute Gasteiger partial charge is 0.322 e. The molecule has 1 amide bonds. The number of hydrogen-bond donors (Lipinski definition) is 1. The molecule has 0 spiro atoms. The fourth-order valence-electron chi connectivity index (χ4n) is 3.16. The first-order chi connectivity index (χ1) is 14.8. The molecule has 30 heavy (non-hydrogen) atoms. The summed E-state index contributed by atoms with van der Waals surface area (Å²) < 4.78 is 0. The Bertz CT molecular complexity index is 1100. The molecule has 4 aromatic rings. The van der Waals surface area contributed by atoms with Gasteiger partial charge in [-0.15, -0.1) is 11.8 Å². The first-order valence-electron chi connectivity index (χ1n) is 9.83. The van der Waals surface area contributed by atoms with E-state index in [1.807, 2.05) is 78.9 Å². The van der Waals surface area contributed by atoms with E-state index in [2.05, 4.69) is 22.4 Å². The standard InChI is InChI=1S/C26H22N2OS/c29-26(24-8-4-5-9-25(24)30-19-22-6-2-1-3-7-22)28-23-12-10-20(11-13-23)18-21-14-16-27-17-15-21/h1-17H,18-19H2,(H,28,29). The fourth-order valence-corrected chi connectivity index (χ4v) is 4.16. The van der Waals surface area contributed by atoms with Gasteiger partial charge >= 0.3 is 0 Å². The molecule has 4 heteroatoms. The Morgan fingerprint density at radius 2 is 1.40 bits per heavy atom. The molecule has 1 N–H and O–H groups in total. The molecule has 0 saturated carbocycles. The van der Waals surface area contributed by atoms with Gasteiger partial charge in [-0.1, -0.05) is 54.6 Å². The summed E-state index contributed by atoms with van der Waals surface area (Å²) in [5, 5.41) is 3.03. The molecule has 0 aliphatic carbocycles. The maximum atomic E-state index is 12.9. The third kappa shape index (κ3) is 5.37. The molecular weight excluding hydrogens is 388 g/mol. The van der Waals surface area contributed by atoms with Crippen LogP contribution in [0.2, 0.25) is 0 Å². The van der Waals surface area contributed by atoms with E-state index in [9.17, 15) is 4.79 Å². The second-order valence-electron chi connectivity index (χ2n) is 6.95. The minimum absolute atomic E-state index is 0.0898. The van der Waals surface area contributed by atoms with E-state index < -0.39 is 0 Å². The number of benzene rings is 3. The van der Waals surface area contributed by atoms with Gasteiger partial charge in [0.15, 0.2) is 0 Å². The summed E-state index contributed by atoms with van der Waals surface area (Å²) in [5.74, 6) is 0.738. The Morgan fingerprint density at radius 3 is 2.17 bits per heavy atom. The number of aromatic nitrogens is 1. The summed E-state index contributed by atoms with van der Waals surface area (Å²) in [6.45, 7) is 0. The number of carbonyl (C=O) groups is 1. The summed E-state index contributed by atoms with van der Waals surface area (Å²) in [7, 11) is 0. The molecule has 0 fully saturated rings. The Morgan fingerprint density at radius 1 is 0.733 bits per heavy atom. The van der Waals surface area contributed by atoms with E-state index in [4.69, 9.17) is 0 Å². The molecule has 148 valence electrons. The van der Waals surface area contributed by atoms with E-state index in [0.717, 1.165) is 22.8 Å². The molecule has 0 aliphatic heterocycles. The van der Waals surface area contributed by atoms with Crippen LogP contribution in [0.4, 0.5) is 5.69 Å². The van der Waals surface area contributed by atoms with Crippen LogP contribution in [0.25, 0.3) is 0 Å². The van der Waals surface area contributed by atoms with Crippen LogP contribution in [0.15, 0.2) is 108 Å². The Kier molecular flexibility index (Phi) is 6.58. The molecule has 0 unspecified atom stereocenters. The number of amides is 1. The second-order valence-corrected chi connectivity index (χ2v) is 7.97. The van der Waals surface area contributed by atoms with Crippen molar-refractivity contribution in [2.45, 2.75) is 17.1 Å². The Hall–Kier alpha value is -3.37. The van der Waals surface area contributed by atoms with Crippen molar-refractivity contribution in [2.24, 2.45) is 0 Å². The van der Waals surface area contributed by atoms with Gasteiger partial charge in [0, 0.05) is 28.7 Å². The maximum absolute atomic E-state index is 12.9. The zero-order chi connectivity index (χ0) is 20.6. The predicted octanol–water partition coefficient (Wildman–Crippen LogP) is 6.22. The summed E-state index contributed by atoms with van der Waals surface area (Å²) in [6.07, 6.45) is 4.45. The van der Waals surface area contributed by atoms with Crippen molar-refractivity contribution in [2.75, 3.05) is 5.32 Å². The van der Waals surface area contributed by atoms with Crippen LogP contribution < -0.4 is 5.32 Å². The van der Waals surface area contributed by atoms with Gasteiger partial charge in [-0.05, 0) is 59.5 Å². The van der Waals surface area contributed by atoms with Gasteiger partial charge in [-0.25, -0.2) is 0 Å². The molecule has 4 rings (SSSR count). The molecule has 0 radical (unpaired) electrons. The Labute approximate surface area is 181 Å². The van der Waals surface area contributed by atoms with Crippen LogP contribution in [0.1, 0.15) is 27.0 Å². The van der Waals surface area contributed by atoms with Crippen molar-refractivity contribution in [3.63, 3.8) is 0 Å². The van der Waals surface area contributed by atoms with Crippen LogP contribution in [0.5, 0.6) is 0 Å². The van der Waals surface area contributed by atoms with Crippen molar-refractivity contribution < 1.29 is 4.79 Å². The van der Waals surface area contributed by atoms with Crippen LogP contribution in [0, 0.1) is 0 Å². The molecular formula is C26H22N2OS. The van der Waals surface area contributed by atoms with Gasteiger partial charge in [-0.2, -0.15) is 0 Å².